The van der Waals surface area contributed by atoms with E-state index in [-0.39, 0.29) is 4.47 Å². The van der Waals surface area contributed by atoms with E-state index >= 15 is 0 Å². The lowest BCUT2D eigenvalue weighted by Crippen LogP contribution is -2.40. The molecule has 2 N–H and O–H groups in total. The Kier molecular flexibility index (Phi) is 4.37. The number of halogens is 1. The van der Waals surface area contributed by atoms with Crippen molar-refractivity contribution >= 4 is 33.7 Å². The van der Waals surface area contributed by atoms with Crippen molar-refractivity contribution in [2.45, 2.75) is 13.0 Å². The van der Waals surface area contributed by atoms with E-state index in [1.807, 2.05) is 0 Å². The average Bonchev–Trinajstić information content (AvgIpc) is 2.70. The summed E-state index contributed by atoms with van der Waals surface area (Å²) < 4.78 is 1.26. The van der Waals surface area contributed by atoms with Crippen LogP contribution in [-0.2, 0) is 4.79 Å². The summed E-state index contributed by atoms with van der Waals surface area (Å²) in [5.74, 6) is -1.02. The van der Waals surface area contributed by atoms with Gasteiger partial charge in [-0.05, 0) is 27.8 Å². The van der Waals surface area contributed by atoms with Crippen molar-refractivity contribution in [2.75, 3.05) is 7.05 Å². The van der Waals surface area contributed by atoms with Crippen LogP contribution in [0.15, 0.2) is 10.7 Å². The first-order valence-corrected chi connectivity index (χ1v) is 5.57. The Hall–Kier alpha value is -1.97. The summed E-state index contributed by atoms with van der Waals surface area (Å²) in [4.78, 5) is 32.4. The molecule has 0 aliphatic heterocycles. The van der Waals surface area contributed by atoms with Gasteiger partial charge in [-0.1, -0.05) is 0 Å². The Morgan fingerprint density at radius 1 is 1.61 bits per heavy atom. The third kappa shape index (κ3) is 3.03. The average molecular weight is 320 g/mol. The van der Waals surface area contributed by atoms with Crippen molar-refractivity contribution in [3.8, 4) is 0 Å². The molecular weight excluding hydrogens is 310 g/mol. The van der Waals surface area contributed by atoms with E-state index in [9.17, 15) is 19.7 Å². The highest BCUT2D eigenvalue weighted by Crippen LogP contribution is 2.23. The van der Waals surface area contributed by atoms with E-state index in [4.69, 9.17) is 0 Å². The van der Waals surface area contributed by atoms with Crippen LogP contribution in [0.5, 0.6) is 0 Å². The van der Waals surface area contributed by atoms with Gasteiger partial charge in [0.25, 0.3) is 5.91 Å². The minimum atomic E-state index is -0.854. The first-order chi connectivity index (χ1) is 8.36. The van der Waals surface area contributed by atoms with Gasteiger partial charge in [0.2, 0.25) is 0 Å². The molecule has 10 heteroatoms. The highest BCUT2D eigenvalue weighted by molar-refractivity contribution is 9.10. The number of carbonyl (C=O) groups excluding carboxylic acids is 2. The monoisotopic (exact) mass is 319 g/mol. The number of hydrogen-bond acceptors (Lipinski definition) is 5. The van der Waals surface area contributed by atoms with Crippen LogP contribution < -0.4 is 10.6 Å². The third-order valence-corrected chi connectivity index (χ3v) is 2.64. The summed E-state index contributed by atoms with van der Waals surface area (Å²) >= 11 is 2.96. The van der Waals surface area contributed by atoms with Gasteiger partial charge >= 0.3 is 11.8 Å². The zero-order valence-electron chi connectivity index (χ0n) is 9.51. The second-order valence-corrected chi connectivity index (χ2v) is 4.14. The number of rotatable bonds is 3. The minimum absolute atomic E-state index is 0.159. The molecular formula is C8H10BrN5O4. The molecule has 0 aliphatic rings. The number of hydrogen-bond donors (Lipinski definition) is 2. The number of amides is 3. The Balaban J connectivity index is 2.87. The van der Waals surface area contributed by atoms with Gasteiger partial charge in [0.15, 0.2) is 0 Å². The Morgan fingerprint density at radius 3 is 2.67 bits per heavy atom. The second-order valence-electron chi connectivity index (χ2n) is 3.28. The summed E-state index contributed by atoms with van der Waals surface area (Å²) in [6.45, 7) is 1.46. The molecule has 0 aliphatic carbocycles. The maximum Gasteiger partial charge on any atom is 0.404 e. The SMILES string of the molecule is CNC(=O)NC(=O)C(C)n1cc(Br)c([N+](=O)[O-])n1. The molecule has 1 rings (SSSR count). The van der Waals surface area contributed by atoms with Gasteiger partial charge in [-0.15, -0.1) is 0 Å². The van der Waals surface area contributed by atoms with Gasteiger partial charge in [0.1, 0.15) is 10.5 Å². The fourth-order valence-corrected chi connectivity index (χ4v) is 1.51. The van der Waals surface area contributed by atoms with Crippen LogP contribution in [0.25, 0.3) is 0 Å². The molecule has 0 spiro atoms. The number of imide groups is 1. The second kappa shape index (κ2) is 5.58. The molecule has 1 aromatic heterocycles. The molecule has 0 saturated heterocycles. The van der Waals surface area contributed by atoms with Gasteiger partial charge in [-0.3, -0.25) is 10.1 Å². The molecule has 3 amide bonds. The van der Waals surface area contributed by atoms with Crippen LogP contribution in [0.3, 0.4) is 0 Å². The summed E-state index contributed by atoms with van der Waals surface area (Å²) in [5.41, 5.74) is 0. The zero-order chi connectivity index (χ0) is 13.9. The van der Waals surface area contributed by atoms with Crippen molar-refractivity contribution in [2.24, 2.45) is 0 Å². The van der Waals surface area contributed by atoms with Crippen LogP contribution in [0.4, 0.5) is 10.6 Å². The van der Waals surface area contributed by atoms with Crippen LogP contribution in [-0.4, -0.2) is 33.7 Å². The lowest BCUT2D eigenvalue weighted by Gasteiger charge is -2.08. The summed E-state index contributed by atoms with van der Waals surface area (Å²) in [6.07, 6.45) is 1.30. The van der Waals surface area contributed by atoms with Crippen LogP contribution in [0, 0.1) is 10.1 Å². The van der Waals surface area contributed by atoms with Crippen molar-refractivity contribution in [3.05, 3.63) is 20.8 Å². The first kappa shape index (κ1) is 14.1. The molecule has 1 aromatic rings. The molecule has 0 bridgehead atoms. The molecule has 1 atom stereocenters. The van der Waals surface area contributed by atoms with E-state index in [1.165, 1.54) is 20.2 Å². The molecule has 1 heterocycles. The van der Waals surface area contributed by atoms with E-state index in [1.54, 1.807) is 0 Å². The van der Waals surface area contributed by atoms with Gasteiger partial charge in [-0.2, -0.15) is 4.68 Å². The van der Waals surface area contributed by atoms with Gasteiger partial charge < -0.3 is 15.4 Å². The number of carbonyl (C=O) groups is 2. The van der Waals surface area contributed by atoms with E-state index < -0.39 is 28.7 Å². The van der Waals surface area contributed by atoms with Crippen LogP contribution in [0.2, 0.25) is 0 Å². The van der Waals surface area contributed by atoms with Crippen molar-refractivity contribution < 1.29 is 14.5 Å². The topological polar surface area (TPSA) is 119 Å². The highest BCUT2D eigenvalue weighted by Gasteiger charge is 2.25. The van der Waals surface area contributed by atoms with Crippen molar-refractivity contribution in [3.63, 3.8) is 0 Å². The molecule has 0 aromatic carbocycles. The number of nitrogens with one attached hydrogen (secondary N) is 2. The maximum absolute atomic E-state index is 11.6. The number of urea groups is 1. The summed E-state index contributed by atoms with van der Waals surface area (Å²) in [7, 11) is 1.36. The predicted molar refractivity (Wildman–Crippen MR) is 63.9 cm³/mol. The quantitative estimate of drug-likeness (QED) is 0.623. The largest absolute Gasteiger partial charge is 0.404 e. The smallest absolute Gasteiger partial charge is 0.358 e. The molecule has 1 unspecified atom stereocenters. The summed E-state index contributed by atoms with van der Waals surface area (Å²) in [5, 5.41) is 18.5. The molecule has 0 saturated carbocycles. The van der Waals surface area contributed by atoms with Gasteiger partial charge in [-0.25, -0.2) is 4.79 Å². The molecule has 98 valence electrons. The highest BCUT2D eigenvalue weighted by atomic mass is 79.9. The minimum Gasteiger partial charge on any atom is -0.358 e. The van der Waals surface area contributed by atoms with Crippen LogP contribution >= 0.6 is 15.9 Å². The van der Waals surface area contributed by atoms with E-state index in [2.05, 4.69) is 31.7 Å². The normalized spacial score (nSPS) is 11.7. The predicted octanol–water partition coefficient (Wildman–Crippen LogP) is 0.570. The number of nitro groups is 1. The van der Waals surface area contributed by atoms with Crippen LogP contribution in [0.1, 0.15) is 13.0 Å². The maximum atomic E-state index is 11.6. The lowest BCUT2D eigenvalue weighted by molar-refractivity contribution is -0.390. The van der Waals surface area contributed by atoms with E-state index in [0.29, 0.717) is 0 Å². The number of nitrogens with zero attached hydrogens (tertiary/aromatic N) is 3. The van der Waals surface area contributed by atoms with E-state index in [0.717, 1.165) is 4.68 Å². The van der Waals surface area contributed by atoms with Crippen molar-refractivity contribution in [1.29, 1.82) is 0 Å². The number of aromatic nitrogens is 2. The third-order valence-electron chi connectivity index (χ3n) is 2.08. The molecule has 9 nitrogen and oxygen atoms in total. The Labute approximate surface area is 110 Å². The Bertz CT molecular complexity index is 500. The fraction of sp³-hybridized carbons (Fsp3) is 0.375. The summed E-state index contributed by atoms with van der Waals surface area (Å²) in [6, 6.07) is -1.51. The standard InChI is InChI=1S/C8H10BrN5O4/c1-4(7(15)11-8(16)10-2)13-3-5(9)6(12-13)14(17)18/h3-4H,1-2H3,(H2,10,11,15,16). The lowest BCUT2D eigenvalue weighted by atomic mass is 10.3. The molecule has 0 fully saturated rings. The fourth-order valence-electron chi connectivity index (χ4n) is 1.08. The van der Waals surface area contributed by atoms with Crippen molar-refractivity contribution in [1.82, 2.24) is 20.4 Å². The zero-order valence-corrected chi connectivity index (χ0v) is 11.1. The first-order valence-electron chi connectivity index (χ1n) is 4.78. The van der Waals surface area contributed by atoms with Gasteiger partial charge in [0, 0.05) is 7.05 Å². The molecule has 0 radical (unpaired) electrons. The Morgan fingerprint density at radius 2 is 2.22 bits per heavy atom. The van der Waals surface area contributed by atoms with Gasteiger partial charge in [0.05, 0.1) is 11.3 Å². The molecule has 18 heavy (non-hydrogen) atoms.